The van der Waals surface area contributed by atoms with Crippen LogP contribution in [0.25, 0.3) is 0 Å². The molecule has 0 radical (unpaired) electrons. The summed E-state index contributed by atoms with van der Waals surface area (Å²) in [6.07, 6.45) is 5.41. The third kappa shape index (κ3) is 5.31. The van der Waals surface area contributed by atoms with E-state index < -0.39 is 0 Å². The van der Waals surface area contributed by atoms with Crippen LogP contribution in [0.3, 0.4) is 0 Å². The largest absolute Gasteiger partial charge is 0.478 e. The van der Waals surface area contributed by atoms with Gasteiger partial charge >= 0.3 is 0 Å². The maximum absolute atomic E-state index is 5.67. The van der Waals surface area contributed by atoms with E-state index >= 15 is 0 Å². The summed E-state index contributed by atoms with van der Waals surface area (Å²) >= 11 is 0. The summed E-state index contributed by atoms with van der Waals surface area (Å²) in [4.78, 5) is 13.2. The van der Waals surface area contributed by atoms with Crippen LogP contribution >= 0.6 is 0 Å². The number of ether oxygens (including phenoxy) is 1. The maximum Gasteiger partial charge on any atom is 0.218 e. The fourth-order valence-electron chi connectivity index (χ4n) is 2.00. The van der Waals surface area contributed by atoms with Crippen LogP contribution in [0.5, 0.6) is 5.88 Å². The maximum atomic E-state index is 5.67. The molecule has 0 saturated carbocycles. The Hall–Kier alpha value is -2.17. The van der Waals surface area contributed by atoms with E-state index in [1.54, 1.807) is 6.20 Å². The number of anilines is 1. The standard InChI is InChI=1S/C17H24N4O/c1-4-8-22-17-10-15(20-16(21-17)9-13(2)3)19-12-14-6-5-7-18-11-14/h5-7,10-11,13H,4,8-9,12H2,1-3H3,(H,19,20,21). The molecule has 5 nitrogen and oxygen atoms in total. The molecule has 0 saturated heterocycles. The Labute approximate surface area is 132 Å². The number of nitrogens with one attached hydrogen (secondary N) is 1. The van der Waals surface area contributed by atoms with Crippen LogP contribution in [0, 0.1) is 5.92 Å². The van der Waals surface area contributed by atoms with Crippen molar-refractivity contribution >= 4 is 5.82 Å². The van der Waals surface area contributed by atoms with Gasteiger partial charge in [-0.1, -0.05) is 26.8 Å². The highest BCUT2D eigenvalue weighted by atomic mass is 16.5. The fraction of sp³-hybridized carbons (Fsp3) is 0.471. The van der Waals surface area contributed by atoms with E-state index in [2.05, 4.69) is 41.0 Å². The third-order valence-electron chi connectivity index (χ3n) is 2.99. The van der Waals surface area contributed by atoms with Gasteiger partial charge in [0.15, 0.2) is 0 Å². The normalized spacial score (nSPS) is 10.7. The van der Waals surface area contributed by atoms with Crippen molar-refractivity contribution in [2.75, 3.05) is 11.9 Å². The van der Waals surface area contributed by atoms with Crippen LogP contribution in [0.2, 0.25) is 0 Å². The summed E-state index contributed by atoms with van der Waals surface area (Å²) < 4.78 is 5.67. The molecule has 0 bridgehead atoms. The molecule has 0 aliphatic heterocycles. The molecule has 0 fully saturated rings. The summed E-state index contributed by atoms with van der Waals surface area (Å²) in [5, 5.41) is 3.32. The number of pyridine rings is 1. The van der Waals surface area contributed by atoms with E-state index in [0.717, 1.165) is 30.0 Å². The lowest BCUT2D eigenvalue weighted by Gasteiger charge is -2.11. The van der Waals surface area contributed by atoms with Gasteiger partial charge in [-0.3, -0.25) is 4.98 Å². The first kappa shape index (κ1) is 16.2. The number of rotatable bonds is 8. The van der Waals surface area contributed by atoms with Gasteiger partial charge in [0.25, 0.3) is 0 Å². The number of nitrogens with zero attached hydrogens (tertiary/aromatic N) is 3. The molecule has 0 atom stereocenters. The summed E-state index contributed by atoms with van der Waals surface area (Å²) in [5.74, 6) is 2.76. The second-order valence-electron chi connectivity index (χ2n) is 5.67. The van der Waals surface area contributed by atoms with Gasteiger partial charge in [0.1, 0.15) is 11.6 Å². The molecule has 2 aromatic heterocycles. The van der Waals surface area contributed by atoms with Crippen molar-refractivity contribution in [2.24, 2.45) is 5.92 Å². The third-order valence-corrected chi connectivity index (χ3v) is 2.99. The number of hydrogen-bond acceptors (Lipinski definition) is 5. The zero-order chi connectivity index (χ0) is 15.8. The Kier molecular flexibility index (Phi) is 6.13. The van der Waals surface area contributed by atoms with E-state index in [9.17, 15) is 0 Å². The highest BCUT2D eigenvalue weighted by Gasteiger charge is 2.08. The Bertz CT molecular complexity index is 572. The number of aromatic nitrogens is 3. The minimum atomic E-state index is 0.507. The molecule has 1 N–H and O–H groups in total. The fourth-order valence-corrected chi connectivity index (χ4v) is 2.00. The van der Waals surface area contributed by atoms with Crippen molar-refractivity contribution < 1.29 is 4.74 Å². The number of hydrogen-bond donors (Lipinski definition) is 1. The first-order valence-electron chi connectivity index (χ1n) is 7.81. The van der Waals surface area contributed by atoms with Crippen molar-refractivity contribution in [2.45, 2.75) is 40.2 Å². The zero-order valence-corrected chi connectivity index (χ0v) is 13.5. The van der Waals surface area contributed by atoms with E-state index in [1.807, 2.05) is 24.4 Å². The predicted molar refractivity (Wildman–Crippen MR) is 87.9 cm³/mol. The molecule has 118 valence electrons. The van der Waals surface area contributed by atoms with Crippen molar-refractivity contribution in [3.63, 3.8) is 0 Å². The second-order valence-corrected chi connectivity index (χ2v) is 5.67. The van der Waals surface area contributed by atoms with Gasteiger partial charge in [0.05, 0.1) is 6.61 Å². The molecule has 0 aromatic carbocycles. The lowest BCUT2D eigenvalue weighted by atomic mass is 10.1. The van der Waals surface area contributed by atoms with E-state index in [4.69, 9.17) is 4.74 Å². The smallest absolute Gasteiger partial charge is 0.218 e. The highest BCUT2D eigenvalue weighted by Crippen LogP contribution is 2.16. The Morgan fingerprint density at radius 3 is 2.82 bits per heavy atom. The Morgan fingerprint density at radius 2 is 2.14 bits per heavy atom. The Balaban J connectivity index is 2.10. The van der Waals surface area contributed by atoms with Gasteiger partial charge in [0.2, 0.25) is 5.88 Å². The van der Waals surface area contributed by atoms with Crippen LogP contribution in [-0.2, 0) is 13.0 Å². The molecule has 0 spiro atoms. The molecule has 0 aliphatic rings. The van der Waals surface area contributed by atoms with Gasteiger partial charge < -0.3 is 10.1 Å². The minimum absolute atomic E-state index is 0.507. The van der Waals surface area contributed by atoms with Gasteiger partial charge in [0, 0.05) is 31.4 Å². The molecular formula is C17H24N4O. The lowest BCUT2D eigenvalue weighted by Crippen LogP contribution is -2.09. The van der Waals surface area contributed by atoms with Gasteiger partial charge in [-0.25, -0.2) is 4.98 Å². The van der Waals surface area contributed by atoms with Gasteiger partial charge in [-0.15, -0.1) is 0 Å². The second kappa shape index (κ2) is 8.32. The van der Waals surface area contributed by atoms with Crippen molar-refractivity contribution in [3.05, 3.63) is 42.0 Å². The molecule has 2 aromatic rings. The quantitative estimate of drug-likeness (QED) is 0.809. The SMILES string of the molecule is CCCOc1cc(NCc2cccnc2)nc(CC(C)C)n1. The van der Waals surface area contributed by atoms with Gasteiger partial charge in [-0.05, 0) is 24.0 Å². The Morgan fingerprint density at radius 1 is 1.27 bits per heavy atom. The summed E-state index contributed by atoms with van der Waals surface area (Å²) in [5.41, 5.74) is 1.11. The van der Waals surface area contributed by atoms with Crippen LogP contribution < -0.4 is 10.1 Å². The molecule has 5 heteroatoms. The summed E-state index contributed by atoms with van der Waals surface area (Å²) in [7, 11) is 0. The highest BCUT2D eigenvalue weighted by molar-refractivity contribution is 5.39. The summed E-state index contributed by atoms with van der Waals surface area (Å²) in [6.45, 7) is 7.74. The van der Waals surface area contributed by atoms with E-state index in [1.165, 1.54) is 0 Å². The predicted octanol–water partition coefficient (Wildman–Crippen LogP) is 3.47. The van der Waals surface area contributed by atoms with Crippen LogP contribution in [0.15, 0.2) is 30.6 Å². The van der Waals surface area contributed by atoms with Crippen molar-refractivity contribution in [3.8, 4) is 5.88 Å². The lowest BCUT2D eigenvalue weighted by molar-refractivity contribution is 0.303. The van der Waals surface area contributed by atoms with E-state index in [-0.39, 0.29) is 0 Å². The average Bonchev–Trinajstić information content (AvgIpc) is 2.51. The molecular weight excluding hydrogens is 276 g/mol. The van der Waals surface area contributed by atoms with Crippen molar-refractivity contribution in [1.82, 2.24) is 15.0 Å². The zero-order valence-electron chi connectivity index (χ0n) is 13.5. The average molecular weight is 300 g/mol. The first-order valence-corrected chi connectivity index (χ1v) is 7.81. The van der Waals surface area contributed by atoms with Crippen molar-refractivity contribution in [1.29, 1.82) is 0 Å². The molecule has 0 unspecified atom stereocenters. The monoisotopic (exact) mass is 300 g/mol. The molecule has 0 aliphatic carbocycles. The van der Waals surface area contributed by atoms with Gasteiger partial charge in [-0.2, -0.15) is 4.98 Å². The van der Waals surface area contributed by atoms with Crippen LogP contribution in [-0.4, -0.2) is 21.6 Å². The molecule has 22 heavy (non-hydrogen) atoms. The first-order chi connectivity index (χ1) is 10.7. The van der Waals surface area contributed by atoms with Crippen LogP contribution in [0.4, 0.5) is 5.82 Å². The molecule has 0 amide bonds. The van der Waals surface area contributed by atoms with E-state index in [0.29, 0.717) is 24.9 Å². The topological polar surface area (TPSA) is 59.9 Å². The van der Waals surface area contributed by atoms with Crippen LogP contribution in [0.1, 0.15) is 38.6 Å². The summed E-state index contributed by atoms with van der Waals surface area (Å²) in [6, 6.07) is 5.82. The molecule has 2 rings (SSSR count). The minimum Gasteiger partial charge on any atom is -0.478 e. The molecule has 2 heterocycles.